The molecule has 1 heterocycles. The summed E-state index contributed by atoms with van der Waals surface area (Å²) in [5.41, 5.74) is 36.7. The Morgan fingerprint density at radius 1 is 0.581 bits per heavy atom. The average molecular weight is 1310 g/mol. The zero-order valence-electron chi connectivity index (χ0n) is 56.7. The molecule has 1 aromatic rings. The van der Waals surface area contributed by atoms with E-state index in [0.717, 1.165) is 83.5 Å². The summed E-state index contributed by atoms with van der Waals surface area (Å²) in [6.07, 6.45) is 27.4. The highest BCUT2D eigenvalue weighted by Gasteiger charge is 2.39. The number of hydrogen-bond donors (Lipinski definition) is 16. The van der Waals surface area contributed by atoms with Gasteiger partial charge in [-0.2, -0.15) is 0 Å². The van der Waals surface area contributed by atoms with Crippen LogP contribution in [0.2, 0.25) is 0 Å². The van der Waals surface area contributed by atoms with Crippen LogP contribution in [0.3, 0.4) is 0 Å². The molecule has 0 saturated carbocycles. The maximum Gasteiger partial charge on any atom is 0.321 e. The molecule has 2 rings (SSSR count). The summed E-state index contributed by atoms with van der Waals surface area (Å²) in [6.45, 7) is 6.98. The van der Waals surface area contributed by atoms with Crippen LogP contribution in [0, 0.1) is 5.92 Å². The molecule has 0 radical (unpaired) electrons. The van der Waals surface area contributed by atoms with Crippen LogP contribution in [0.25, 0.3) is 0 Å². The molecular weight excluding hydrogens is 1190 g/mol. The number of carbonyl (C=O) groups is 9. The molecule has 13 atom stereocenters. The second kappa shape index (κ2) is 48.8. The van der Waals surface area contributed by atoms with E-state index in [9.17, 15) is 58.5 Å². The lowest BCUT2D eigenvalue weighted by molar-refractivity contribution is -0.140. The summed E-state index contributed by atoms with van der Waals surface area (Å²) >= 11 is 0. The van der Waals surface area contributed by atoms with Gasteiger partial charge in [-0.1, -0.05) is 173 Å². The summed E-state index contributed by atoms with van der Waals surface area (Å²) < 4.78 is 0. The summed E-state index contributed by atoms with van der Waals surface area (Å²) in [6, 6.07) is -0.791. The van der Waals surface area contributed by atoms with Crippen molar-refractivity contribution in [2.24, 2.45) is 40.3 Å². The molecule has 25 heteroatoms. The Hall–Kier alpha value is -5.83. The number of carbonyl (C=O) groups excluding carboxylic acids is 8. The number of unbranched alkanes of at least 4 members (excludes halogenated alkanes) is 16. The molecule has 1 fully saturated rings. The first kappa shape index (κ1) is 83.3. The lowest BCUT2D eigenvalue weighted by Gasteiger charge is -2.32. The number of nitrogens with one attached hydrogen (secondary N) is 7. The summed E-state index contributed by atoms with van der Waals surface area (Å²) in [4.78, 5) is 119. The van der Waals surface area contributed by atoms with E-state index >= 15 is 0 Å². The van der Waals surface area contributed by atoms with Crippen molar-refractivity contribution >= 4 is 53.2 Å². The molecule has 25 nitrogen and oxygen atoms in total. The highest BCUT2D eigenvalue weighted by Crippen LogP contribution is 2.19. The number of aliphatic carboxylic acids is 1. The van der Waals surface area contributed by atoms with E-state index < -0.39 is 139 Å². The van der Waals surface area contributed by atoms with Crippen LogP contribution >= 0.6 is 0 Å². The second-order valence-corrected chi connectivity index (χ2v) is 26.8. The number of amides is 8. The molecule has 0 bridgehead atoms. The van der Waals surface area contributed by atoms with Crippen LogP contribution < -0.4 is 71.6 Å². The molecule has 0 spiro atoms. The minimum absolute atomic E-state index is 0.143. The van der Waals surface area contributed by atoms with Crippen molar-refractivity contribution in [3.05, 3.63) is 35.9 Å². The normalized spacial score (nSPS) is 19.2. The molecule has 8 amide bonds. The third-order valence-electron chi connectivity index (χ3n) is 17.5. The van der Waals surface area contributed by atoms with Gasteiger partial charge in [0.15, 0.2) is 0 Å². The maximum absolute atomic E-state index is 14.1. The molecule has 1 saturated heterocycles. The molecule has 0 aliphatic carbocycles. The monoisotopic (exact) mass is 1310 g/mol. The summed E-state index contributed by atoms with van der Waals surface area (Å²) in [5, 5.41) is 48.8. The predicted octanol–water partition coefficient (Wildman–Crippen LogP) is 3.76. The Morgan fingerprint density at radius 3 is 1.52 bits per heavy atom. The highest BCUT2D eigenvalue weighted by atomic mass is 16.4. The topological polar surface area (TPSA) is 455 Å². The van der Waals surface area contributed by atoms with Gasteiger partial charge in [0.05, 0.1) is 50.0 Å². The third-order valence-corrected chi connectivity index (χ3v) is 17.5. The predicted molar refractivity (Wildman–Crippen MR) is 362 cm³/mol. The zero-order chi connectivity index (χ0) is 69.1. The van der Waals surface area contributed by atoms with Gasteiger partial charge >= 0.3 is 5.97 Å². The van der Waals surface area contributed by atoms with Gasteiger partial charge in [0.25, 0.3) is 0 Å². The first-order chi connectivity index (χ1) is 44.2. The number of benzene rings is 1. The van der Waals surface area contributed by atoms with Crippen molar-refractivity contribution in [2.45, 2.75) is 325 Å². The van der Waals surface area contributed by atoms with Crippen molar-refractivity contribution in [3.8, 4) is 0 Å². The number of aliphatic hydroxyl groups excluding tert-OH is 2. The molecule has 1 aliphatic rings. The van der Waals surface area contributed by atoms with Crippen LogP contribution in [0.4, 0.5) is 0 Å². The van der Waals surface area contributed by atoms with E-state index in [2.05, 4.69) is 44.1 Å². The van der Waals surface area contributed by atoms with Crippen LogP contribution in [0.1, 0.15) is 245 Å². The lowest BCUT2D eigenvalue weighted by Crippen LogP contribution is -2.62. The van der Waals surface area contributed by atoms with Crippen LogP contribution in [0.5, 0.6) is 0 Å². The zero-order valence-corrected chi connectivity index (χ0v) is 56.7. The van der Waals surface area contributed by atoms with Gasteiger partial charge in [-0.15, -0.1) is 0 Å². The summed E-state index contributed by atoms with van der Waals surface area (Å²) in [5.74, 6) is -9.33. The SMILES string of the molecule is CC(N)CCCCCCCC(N)CCCCCCCC(N)CCCCCCCC(N)CCCCCCCC(O)CCNC(=O)CC(O)C(NC(=O)C1NC(=O)C(CC(N)=O)NC(=O)C(NC(=O)[C@H](Cc2ccccc2)NC(=O)CC(N)C(=O)O)CC(=O)NC1C)C(C)C. The van der Waals surface area contributed by atoms with Gasteiger partial charge in [0.2, 0.25) is 47.3 Å². The number of carboxylic acids is 1. The average Bonchev–Trinajstić information content (AvgIpc) is 1.93. The Bertz CT molecular complexity index is 2320. The van der Waals surface area contributed by atoms with E-state index in [-0.39, 0.29) is 19.0 Å². The Balaban J connectivity index is 1.71. The number of nitrogens with two attached hydrogens (primary N) is 6. The maximum atomic E-state index is 14.1. The molecule has 22 N–H and O–H groups in total. The minimum atomic E-state index is -1.73. The molecule has 93 heavy (non-hydrogen) atoms. The van der Waals surface area contributed by atoms with Crippen molar-refractivity contribution in [3.63, 3.8) is 0 Å². The first-order valence-electron chi connectivity index (χ1n) is 35.0. The van der Waals surface area contributed by atoms with Crippen molar-refractivity contribution in [1.29, 1.82) is 0 Å². The fourth-order valence-electron chi connectivity index (χ4n) is 11.7. The molecule has 12 unspecified atom stereocenters. The van der Waals surface area contributed by atoms with Gasteiger partial charge < -0.3 is 86.9 Å². The van der Waals surface area contributed by atoms with Crippen molar-refractivity contribution in [1.82, 2.24) is 37.2 Å². The van der Waals surface area contributed by atoms with E-state index in [1.165, 1.54) is 96.8 Å². The highest BCUT2D eigenvalue weighted by molar-refractivity contribution is 5.99. The minimum Gasteiger partial charge on any atom is -0.480 e. The summed E-state index contributed by atoms with van der Waals surface area (Å²) in [7, 11) is 0. The number of aliphatic hydroxyl groups is 2. The van der Waals surface area contributed by atoms with Gasteiger partial charge in [0, 0.05) is 37.1 Å². The number of primary amides is 1. The lowest BCUT2D eigenvalue weighted by atomic mass is 9.95. The molecule has 0 aromatic heterocycles. The van der Waals surface area contributed by atoms with Gasteiger partial charge in [0.1, 0.15) is 30.2 Å². The fourth-order valence-corrected chi connectivity index (χ4v) is 11.7. The molecule has 1 aromatic carbocycles. The van der Waals surface area contributed by atoms with Crippen LogP contribution in [0.15, 0.2) is 30.3 Å². The largest absolute Gasteiger partial charge is 0.480 e. The Kier molecular flexibility index (Phi) is 43.7. The Morgan fingerprint density at radius 2 is 1.05 bits per heavy atom. The number of hydrogen-bond acceptors (Lipinski definition) is 16. The smallest absolute Gasteiger partial charge is 0.321 e. The van der Waals surface area contributed by atoms with E-state index in [4.69, 9.17) is 34.4 Å². The molecule has 1 aliphatic heterocycles. The third kappa shape index (κ3) is 39.6. The Labute approximate surface area is 554 Å². The fraction of sp³-hybridized carbons (Fsp3) is 0.779. The van der Waals surface area contributed by atoms with Gasteiger partial charge in [-0.05, 0) is 83.1 Å². The van der Waals surface area contributed by atoms with Crippen molar-refractivity contribution < 1.29 is 58.5 Å². The van der Waals surface area contributed by atoms with E-state index in [1.807, 2.05) is 0 Å². The van der Waals surface area contributed by atoms with E-state index in [0.29, 0.717) is 36.5 Å². The standard InChI is InChI=1S/C68H123N13O12/c1-45(2)62(80-67(91)63-47(4)76-61(87)43-56(65(89)78-55(42-58(74)84)66(90)81-63)79-64(88)54(40-48-29-19-17-20-30-48)77-60(86)41-53(73)68(92)93)57(83)44-59(85)75-39-38-52(82)37-27-16-8-15-26-36-51(72)35-25-14-7-13-24-34-50(71)33-23-12-6-11-22-32-49(70)31-21-10-5-9-18-28-46(3)69/h17,19-20,29-30,45-47,49-57,62-63,82-83H,5-16,18,21-28,31-44,69-73H2,1-4H3,(H2,74,84)(H,75,85)(H,76,87)(H,77,86)(H,78,89)(H,79,88)(H,80,91)(H,81,90)(H,92,93)/t46?,47?,49?,50?,51?,52?,53?,54-,55?,56?,57?,62?,63?/m0/s1. The van der Waals surface area contributed by atoms with Crippen LogP contribution in [-0.4, -0.2) is 154 Å². The van der Waals surface area contributed by atoms with Crippen molar-refractivity contribution in [2.75, 3.05) is 6.54 Å². The molecular formula is C68H123N13O12. The first-order valence-corrected chi connectivity index (χ1v) is 35.0. The van der Waals surface area contributed by atoms with Gasteiger partial charge in [-0.3, -0.25) is 43.2 Å². The molecule has 532 valence electrons. The number of rotatable bonds is 51. The second-order valence-electron chi connectivity index (χ2n) is 26.8. The van der Waals surface area contributed by atoms with Gasteiger partial charge in [-0.25, -0.2) is 0 Å². The number of carboxylic acid groups (broad SMARTS) is 1. The quantitative estimate of drug-likeness (QED) is 0.0413. The van der Waals surface area contributed by atoms with E-state index in [1.54, 1.807) is 44.2 Å². The van der Waals surface area contributed by atoms with Crippen LogP contribution in [-0.2, 0) is 49.6 Å².